The molecule has 0 aliphatic carbocycles. The Morgan fingerprint density at radius 3 is 2.53 bits per heavy atom. The van der Waals surface area contributed by atoms with Gasteiger partial charge in [-0.2, -0.15) is 0 Å². The molecule has 0 spiro atoms. The van der Waals surface area contributed by atoms with Crippen molar-refractivity contribution in [2.24, 2.45) is 0 Å². The van der Waals surface area contributed by atoms with Crippen molar-refractivity contribution in [1.82, 2.24) is 14.8 Å². The van der Waals surface area contributed by atoms with Gasteiger partial charge in [0.05, 0.1) is 18.3 Å². The quantitative estimate of drug-likeness (QED) is 0.423. The first-order valence-corrected chi connectivity index (χ1v) is 10.9. The van der Waals surface area contributed by atoms with E-state index in [0.717, 1.165) is 27.7 Å². The molecule has 10 nitrogen and oxygen atoms in total. The van der Waals surface area contributed by atoms with Crippen LogP contribution in [0.5, 0.6) is 0 Å². The van der Waals surface area contributed by atoms with E-state index in [1.54, 1.807) is 17.0 Å². The van der Waals surface area contributed by atoms with Crippen molar-refractivity contribution in [3.8, 4) is 0 Å². The SMILES string of the molecule is COC(CN1CC(=O)N2C(c3ccc(N([O-])O)cc3)c3[nH]c4ccccc4c3C[C@H]2C1=O)OC. The van der Waals surface area contributed by atoms with Gasteiger partial charge in [-0.15, -0.1) is 0 Å². The summed E-state index contributed by atoms with van der Waals surface area (Å²) in [6.45, 7) is 0.0610. The van der Waals surface area contributed by atoms with Gasteiger partial charge in [0, 0.05) is 37.2 Å². The highest BCUT2D eigenvalue weighted by Gasteiger charge is 2.48. The molecule has 5 rings (SSSR count). The first kappa shape index (κ1) is 22.4. The van der Waals surface area contributed by atoms with Crippen molar-refractivity contribution in [3.05, 3.63) is 70.6 Å². The van der Waals surface area contributed by atoms with Crippen LogP contribution in [0.3, 0.4) is 0 Å². The monoisotopic (exact) mass is 465 g/mol. The van der Waals surface area contributed by atoms with E-state index in [1.807, 2.05) is 24.3 Å². The number of rotatable bonds is 6. The molecule has 10 heteroatoms. The van der Waals surface area contributed by atoms with Crippen LogP contribution < -0.4 is 5.23 Å². The van der Waals surface area contributed by atoms with Crippen LogP contribution in [0.25, 0.3) is 10.9 Å². The first-order valence-electron chi connectivity index (χ1n) is 10.9. The van der Waals surface area contributed by atoms with Gasteiger partial charge in [-0.1, -0.05) is 30.3 Å². The molecule has 1 fully saturated rings. The van der Waals surface area contributed by atoms with Crippen LogP contribution in [0.1, 0.15) is 22.9 Å². The number of benzene rings is 2. The molecular formula is C24H25N4O6-. The molecule has 2 aliphatic rings. The fourth-order valence-electron chi connectivity index (χ4n) is 5.03. The number of fused-ring (bicyclic) bond motifs is 4. The molecule has 1 aromatic heterocycles. The fraction of sp³-hybridized carbons (Fsp3) is 0.333. The molecular weight excluding hydrogens is 440 g/mol. The van der Waals surface area contributed by atoms with E-state index in [1.165, 1.54) is 31.3 Å². The highest BCUT2D eigenvalue weighted by atomic mass is 16.8. The zero-order chi connectivity index (χ0) is 24.0. The van der Waals surface area contributed by atoms with E-state index in [9.17, 15) is 20.0 Å². The van der Waals surface area contributed by atoms with Gasteiger partial charge in [0.15, 0.2) is 6.29 Å². The molecule has 2 N–H and O–H groups in total. The topological polar surface area (TPSA) is 121 Å². The second-order valence-corrected chi connectivity index (χ2v) is 8.47. The summed E-state index contributed by atoms with van der Waals surface area (Å²) < 4.78 is 10.5. The van der Waals surface area contributed by atoms with E-state index in [-0.39, 0.29) is 35.8 Å². The van der Waals surface area contributed by atoms with Gasteiger partial charge in [-0.3, -0.25) is 14.8 Å². The molecule has 34 heavy (non-hydrogen) atoms. The molecule has 2 aromatic carbocycles. The number of carbonyl (C=O) groups excluding carboxylic acids is 2. The number of ether oxygens (including phenoxy) is 2. The molecule has 1 saturated heterocycles. The first-order chi connectivity index (χ1) is 16.4. The predicted molar refractivity (Wildman–Crippen MR) is 123 cm³/mol. The van der Waals surface area contributed by atoms with Gasteiger partial charge >= 0.3 is 0 Å². The smallest absolute Gasteiger partial charge is 0.246 e. The third kappa shape index (κ3) is 3.61. The zero-order valence-corrected chi connectivity index (χ0v) is 18.8. The Morgan fingerprint density at radius 1 is 1.15 bits per heavy atom. The van der Waals surface area contributed by atoms with E-state index in [4.69, 9.17) is 9.47 Å². The Labute approximate surface area is 195 Å². The molecule has 2 aliphatic heterocycles. The lowest BCUT2D eigenvalue weighted by Crippen LogP contribution is -2.63. The Balaban J connectivity index is 1.61. The van der Waals surface area contributed by atoms with Gasteiger partial charge in [0.1, 0.15) is 12.6 Å². The van der Waals surface area contributed by atoms with Crippen molar-refractivity contribution in [2.45, 2.75) is 24.8 Å². The van der Waals surface area contributed by atoms with Crippen molar-refractivity contribution >= 4 is 28.4 Å². The van der Waals surface area contributed by atoms with Crippen LogP contribution in [0.2, 0.25) is 0 Å². The molecule has 1 unspecified atom stereocenters. The van der Waals surface area contributed by atoms with Crippen LogP contribution in [0.15, 0.2) is 48.5 Å². The number of H-pyrrole nitrogens is 1. The lowest BCUT2D eigenvalue weighted by atomic mass is 9.86. The normalized spacial score (nSPS) is 20.1. The number of piperazine rings is 1. The van der Waals surface area contributed by atoms with Crippen LogP contribution >= 0.6 is 0 Å². The minimum absolute atomic E-state index is 0.0744. The standard InChI is InChI=1S/C24H25N4O6/c1-33-21(34-2)13-26-12-20(29)27-19(24(26)30)11-17-16-5-3-4-6-18(16)25-22(17)23(27)14-7-9-15(10-8-14)28(31)32/h3-10,19,21,23,25,31H,11-13H2,1-2H3/q-1/t19-,23?/m0/s1. The van der Waals surface area contributed by atoms with Gasteiger partial charge < -0.3 is 34.7 Å². The lowest BCUT2D eigenvalue weighted by Gasteiger charge is -2.47. The molecule has 0 saturated carbocycles. The third-order valence-corrected chi connectivity index (χ3v) is 6.67. The summed E-state index contributed by atoms with van der Waals surface area (Å²) in [5.74, 6) is -0.362. The van der Waals surface area contributed by atoms with Crippen molar-refractivity contribution < 1.29 is 24.3 Å². The number of para-hydroxylation sites is 1. The fourth-order valence-corrected chi connectivity index (χ4v) is 5.03. The summed E-state index contributed by atoms with van der Waals surface area (Å²) in [6, 6.07) is 12.9. The minimum atomic E-state index is -0.694. The van der Waals surface area contributed by atoms with Gasteiger partial charge in [0.2, 0.25) is 11.8 Å². The maximum Gasteiger partial charge on any atom is 0.246 e. The summed E-state index contributed by atoms with van der Waals surface area (Å²) in [5.41, 5.74) is 3.55. The highest BCUT2D eigenvalue weighted by molar-refractivity contribution is 5.97. The summed E-state index contributed by atoms with van der Waals surface area (Å²) in [5, 5.41) is 21.3. The number of aromatic nitrogens is 1. The third-order valence-electron chi connectivity index (χ3n) is 6.67. The predicted octanol–water partition coefficient (Wildman–Crippen LogP) is 2.17. The number of nitrogens with one attached hydrogen (secondary N) is 1. The summed E-state index contributed by atoms with van der Waals surface area (Å²) in [6.07, 6.45) is -0.252. The minimum Gasteiger partial charge on any atom is -0.733 e. The average Bonchev–Trinajstić information content (AvgIpc) is 3.22. The second kappa shape index (κ2) is 8.73. The van der Waals surface area contributed by atoms with Crippen LogP contribution in [0, 0.1) is 5.21 Å². The molecule has 3 heterocycles. The van der Waals surface area contributed by atoms with E-state index in [2.05, 4.69) is 4.98 Å². The molecule has 2 atom stereocenters. The molecule has 3 aromatic rings. The number of anilines is 1. The van der Waals surface area contributed by atoms with E-state index >= 15 is 0 Å². The maximum absolute atomic E-state index is 13.6. The molecule has 0 radical (unpaired) electrons. The summed E-state index contributed by atoms with van der Waals surface area (Å²) in [4.78, 5) is 33.6. The van der Waals surface area contributed by atoms with E-state index in [0.29, 0.717) is 6.42 Å². The molecule has 178 valence electrons. The number of amides is 2. The van der Waals surface area contributed by atoms with Gasteiger partial charge in [-0.25, -0.2) is 0 Å². The lowest BCUT2D eigenvalue weighted by molar-refractivity contribution is -0.167. The Bertz CT molecular complexity index is 1220. The number of carbonyl (C=O) groups is 2. The van der Waals surface area contributed by atoms with Crippen LogP contribution in [-0.2, 0) is 25.5 Å². The Kier molecular flexibility index (Phi) is 5.74. The Morgan fingerprint density at radius 2 is 1.85 bits per heavy atom. The number of methoxy groups -OCH3 is 2. The van der Waals surface area contributed by atoms with Crippen molar-refractivity contribution in [3.63, 3.8) is 0 Å². The largest absolute Gasteiger partial charge is 0.733 e. The summed E-state index contributed by atoms with van der Waals surface area (Å²) in [7, 11) is 2.98. The second-order valence-electron chi connectivity index (χ2n) is 8.47. The number of aromatic amines is 1. The zero-order valence-electron chi connectivity index (χ0n) is 18.8. The Hall–Kier alpha value is -3.44. The number of hydrogen-bond donors (Lipinski definition) is 2. The average molecular weight is 465 g/mol. The molecule has 2 amide bonds. The summed E-state index contributed by atoms with van der Waals surface area (Å²) >= 11 is 0. The van der Waals surface area contributed by atoms with Crippen molar-refractivity contribution in [2.75, 3.05) is 32.5 Å². The van der Waals surface area contributed by atoms with Crippen LogP contribution in [0.4, 0.5) is 5.69 Å². The van der Waals surface area contributed by atoms with Crippen molar-refractivity contribution in [1.29, 1.82) is 0 Å². The number of hydrogen-bond acceptors (Lipinski definition) is 7. The van der Waals surface area contributed by atoms with Gasteiger partial charge in [-0.05, 0) is 29.3 Å². The highest BCUT2D eigenvalue weighted by Crippen LogP contribution is 2.42. The maximum atomic E-state index is 13.6. The van der Waals surface area contributed by atoms with Gasteiger partial charge in [0.25, 0.3) is 0 Å². The van der Waals surface area contributed by atoms with E-state index < -0.39 is 18.4 Å². The molecule has 0 bridgehead atoms. The van der Waals surface area contributed by atoms with Crippen LogP contribution in [-0.4, -0.2) is 71.4 Å². The number of nitrogens with zero attached hydrogens (tertiary/aromatic N) is 3.